The van der Waals surface area contributed by atoms with E-state index < -0.39 is 0 Å². The summed E-state index contributed by atoms with van der Waals surface area (Å²) in [6.07, 6.45) is 12.1. The molecule has 0 aromatic rings. The second kappa shape index (κ2) is 9.36. The number of carbonyl (C=O) groups is 2. The maximum atomic E-state index is 12.1. The second-order valence-electron chi connectivity index (χ2n) is 12.4. The third kappa shape index (κ3) is 4.63. The van der Waals surface area contributed by atoms with E-state index >= 15 is 0 Å². The van der Waals surface area contributed by atoms with E-state index in [0.29, 0.717) is 53.6 Å². The summed E-state index contributed by atoms with van der Waals surface area (Å²) in [6.45, 7) is 9.77. The molecule has 0 amide bonds. The molecule has 33 heavy (non-hydrogen) atoms. The molecule has 4 aliphatic rings. The van der Waals surface area contributed by atoms with Gasteiger partial charge in [-0.1, -0.05) is 32.4 Å². The van der Waals surface area contributed by atoms with E-state index in [1.807, 2.05) is 19.0 Å². The Kier molecular flexibility index (Phi) is 7.02. The Morgan fingerprint density at radius 2 is 1.79 bits per heavy atom. The lowest BCUT2D eigenvalue weighted by molar-refractivity contribution is -0.152. The zero-order chi connectivity index (χ0) is 24.0. The van der Waals surface area contributed by atoms with Crippen molar-refractivity contribution < 1.29 is 19.1 Å². The molecule has 5 nitrogen and oxygen atoms in total. The van der Waals surface area contributed by atoms with Crippen molar-refractivity contribution in [2.75, 3.05) is 27.2 Å². The molecule has 0 unspecified atom stereocenters. The fraction of sp³-hybridized carbons (Fsp3) is 0.857. The van der Waals surface area contributed by atoms with E-state index in [1.165, 1.54) is 39.0 Å². The van der Waals surface area contributed by atoms with E-state index in [9.17, 15) is 9.59 Å². The van der Waals surface area contributed by atoms with Gasteiger partial charge in [-0.2, -0.15) is 0 Å². The molecule has 8 atom stereocenters. The van der Waals surface area contributed by atoms with Gasteiger partial charge in [0.15, 0.2) is 0 Å². The number of likely N-dealkylation sites (N-methyl/N-ethyl adjacent to an activating group) is 1. The molecule has 3 saturated carbocycles. The van der Waals surface area contributed by atoms with E-state index in [4.69, 9.17) is 9.47 Å². The largest absolute Gasteiger partial charge is 0.464 e. The molecule has 0 aromatic heterocycles. The first-order chi connectivity index (χ1) is 15.5. The molecule has 0 saturated heterocycles. The van der Waals surface area contributed by atoms with Crippen LogP contribution in [0, 0.1) is 40.4 Å². The molecule has 4 aliphatic carbocycles. The van der Waals surface area contributed by atoms with Gasteiger partial charge in [0.2, 0.25) is 0 Å². The quantitative estimate of drug-likeness (QED) is 0.402. The van der Waals surface area contributed by atoms with Crippen molar-refractivity contribution >= 4 is 11.9 Å². The third-order valence-corrected chi connectivity index (χ3v) is 10.1. The van der Waals surface area contributed by atoms with Crippen LogP contribution in [0.5, 0.6) is 0 Å². The van der Waals surface area contributed by atoms with Gasteiger partial charge in [0.1, 0.15) is 6.10 Å². The lowest BCUT2D eigenvalue weighted by Crippen LogP contribution is -2.50. The maximum absolute atomic E-state index is 12.1. The van der Waals surface area contributed by atoms with Crippen LogP contribution in [-0.2, 0) is 19.1 Å². The molecule has 5 heteroatoms. The Hall–Kier alpha value is -1.36. The molecule has 0 bridgehead atoms. The van der Waals surface area contributed by atoms with Gasteiger partial charge in [-0.15, -0.1) is 0 Å². The average Bonchev–Trinajstić information content (AvgIpc) is 3.09. The molecule has 4 rings (SSSR count). The van der Waals surface area contributed by atoms with Crippen molar-refractivity contribution in [1.29, 1.82) is 0 Å². The molecule has 0 spiro atoms. The Bertz CT molecular complexity index is 791. The summed E-state index contributed by atoms with van der Waals surface area (Å²) in [5.74, 6) is 2.73. The van der Waals surface area contributed by atoms with Crippen molar-refractivity contribution in [2.24, 2.45) is 40.4 Å². The number of esters is 2. The number of hydrogen-bond acceptors (Lipinski definition) is 5. The number of rotatable bonds is 6. The predicted molar refractivity (Wildman–Crippen MR) is 129 cm³/mol. The van der Waals surface area contributed by atoms with Crippen LogP contribution >= 0.6 is 0 Å². The molecule has 0 N–H and O–H groups in total. The van der Waals surface area contributed by atoms with E-state index in [2.05, 4.69) is 26.8 Å². The number of fused-ring (bicyclic) bond motifs is 5. The molecule has 0 radical (unpaired) electrons. The van der Waals surface area contributed by atoms with Crippen molar-refractivity contribution in [3.05, 3.63) is 11.6 Å². The summed E-state index contributed by atoms with van der Waals surface area (Å²) >= 11 is 0. The van der Waals surface area contributed by atoms with Crippen LogP contribution in [-0.4, -0.2) is 50.2 Å². The van der Waals surface area contributed by atoms with Gasteiger partial charge >= 0.3 is 11.9 Å². The zero-order valence-corrected chi connectivity index (χ0v) is 21.7. The Balaban J connectivity index is 1.45. The summed E-state index contributed by atoms with van der Waals surface area (Å²) in [5.41, 5.74) is 2.40. The van der Waals surface area contributed by atoms with E-state index in [0.717, 1.165) is 19.3 Å². The summed E-state index contributed by atoms with van der Waals surface area (Å²) in [6, 6.07) is 0. The molecule has 186 valence electrons. The molecule has 0 aromatic carbocycles. The molecule has 0 heterocycles. The second-order valence-corrected chi connectivity index (χ2v) is 12.4. The van der Waals surface area contributed by atoms with Gasteiger partial charge in [-0.05, 0) is 106 Å². The van der Waals surface area contributed by atoms with Crippen LogP contribution in [0.2, 0.25) is 0 Å². The van der Waals surface area contributed by atoms with Crippen molar-refractivity contribution in [1.82, 2.24) is 4.90 Å². The molecule has 0 aliphatic heterocycles. The summed E-state index contributed by atoms with van der Waals surface area (Å²) in [4.78, 5) is 25.4. The predicted octanol–water partition coefficient (Wildman–Crippen LogP) is 5.24. The van der Waals surface area contributed by atoms with Crippen LogP contribution in [0.4, 0.5) is 0 Å². The standard InChI is InChI=1S/C28H45NO4/c1-18(17-32-26(31)16-29(5)6)23-9-10-24-22-8-7-20-15-21(33-19(2)30)11-13-27(20,3)25(22)12-14-28(23,24)4/h8,18,20-21,23-25H,7,9-17H2,1-6H3/t18-,20+,21+,23-,24+,25+,27+,28-/m1/s1. The first-order valence-electron chi connectivity index (χ1n) is 13.2. The van der Waals surface area contributed by atoms with E-state index in [-0.39, 0.29) is 18.0 Å². The fourth-order valence-electron chi connectivity index (χ4n) is 8.43. The number of nitrogens with zero attached hydrogens (tertiary/aromatic N) is 1. The highest BCUT2D eigenvalue weighted by Crippen LogP contribution is 2.66. The third-order valence-electron chi connectivity index (χ3n) is 10.1. The lowest BCUT2D eigenvalue weighted by Gasteiger charge is -2.58. The van der Waals surface area contributed by atoms with E-state index in [1.54, 1.807) is 5.57 Å². The smallest absolute Gasteiger partial charge is 0.320 e. The van der Waals surface area contributed by atoms with Gasteiger partial charge in [0.05, 0.1) is 13.2 Å². The lowest BCUT2D eigenvalue weighted by atomic mass is 9.47. The van der Waals surface area contributed by atoms with Crippen LogP contribution in [0.15, 0.2) is 11.6 Å². The van der Waals surface area contributed by atoms with Crippen molar-refractivity contribution in [2.45, 2.75) is 85.2 Å². The van der Waals surface area contributed by atoms with Gasteiger partial charge in [-0.3, -0.25) is 14.5 Å². The monoisotopic (exact) mass is 459 g/mol. The number of ether oxygens (including phenoxy) is 2. The topological polar surface area (TPSA) is 55.8 Å². The molecule has 3 fully saturated rings. The minimum atomic E-state index is -0.136. The van der Waals surface area contributed by atoms with Crippen LogP contribution in [0.3, 0.4) is 0 Å². The van der Waals surface area contributed by atoms with Gasteiger partial charge in [-0.25, -0.2) is 0 Å². The summed E-state index contributed by atoms with van der Waals surface area (Å²) in [5, 5.41) is 0. The highest BCUT2D eigenvalue weighted by Gasteiger charge is 2.58. The summed E-state index contributed by atoms with van der Waals surface area (Å²) in [7, 11) is 3.80. The Labute approximate surface area is 200 Å². The van der Waals surface area contributed by atoms with Crippen LogP contribution in [0.25, 0.3) is 0 Å². The maximum Gasteiger partial charge on any atom is 0.320 e. The SMILES string of the molecule is CC(=O)O[C@H]1CC[C@@]2(C)[C@@H](CC=C3[C@@H]2CC[C@]2(C)[C@@H]([C@H](C)COC(=O)CN(C)C)CC[C@@H]32)C1. The van der Waals surface area contributed by atoms with Crippen molar-refractivity contribution in [3.8, 4) is 0 Å². The first-order valence-corrected chi connectivity index (χ1v) is 13.2. The highest BCUT2D eigenvalue weighted by atomic mass is 16.5. The Morgan fingerprint density at radius 3 is 2.48 bits per heavy atom. The Morgan fingerprint density at radius 1 is 1.09 bits per heavy atom. The minimum absolute atomic E-state index is 0.108. The number of hydrogen-bond donors (Lipinski definition) is 0. The van der Waals surface area contributed by atoms with Gasteiger partial charge in [0, 0.05) is 6.92 Å². The van der Waals surface area contributed by atoms with Gasteiger partial charge < -0.3 is 9.47 Å². The first kappa shape index (κ1) is 24.8. The molecular formula is C28H45NO4. The van der Waals surface area contributed by atoms with Crippen LogP contribution in [0.1, 0.15) is 79.1 Å². The van der Waals surface area contributed by atoms with Crippen LogP contribution < -0.4 is 0 Å². The number of carbonyl (C=O) groups excluding carboxylic acids is 2. The zero-order valence-electron chi connectivity index (χ0n) is 21.7. The van der Waals surface area contributed by atoms with Gasteiger partial charge in [0.25, 0.3) is 0 Å². The number of allylic oxidation sites excluding steroid dienone is 2. The fourth-order valence-corrected chi connectivity index (χ4v) is 8.43. The average molecular weight is 460 g/mol. The normalized spacial score (nSPS) is 40.8. The minimum Gasteiger partial charge on any atom is -0.464 e. The highest BCUT2D eigenvalue weighted by molar-refractivity contribution is 5.71. The summed E-state index contributed by atoms with van der Waals surface area (Å²) < 4.78 is 11.3. The molecular weight excluding hydrogens is 414 g/mol. The van der Waals surface area contributed by atoms with Crippen molar-refractivity contribution in [3.63, 3.8) is 0 Å².